The Labute approximate surface area is 105 Å². The maximum absolute atomic E-state index is 11.9. The Morgan fingerprint density at radius 1 is 1.39 bits per heavy atom. The summed E-state index contributed by atoms with van der Waals surface area (Å²) in [5.74, 6) is -1.05. The summed E-state index contributed by atoms with van der Waals surface area (Å²) in [6, 6.07) is 5.30. The van der Waals surface area contributed by atoms with Crippen molar-refractivity contribution in [2.75, 3.05) is 12.5 Å². The molecule has 0 unspecified atom stereocenters. The highest BCUT2D eigenvalue weighted by molar-refractivity contribution is 7.91. The molecule has 0 bridgehead atoms. The Hall–Kier alpha value is -1.40. The van der Waals surface area contributed by atoms with Crippen LogP contribution in [0.1, 0.15) is 23.2 Å². The summed E-state index contributed by atoms with van der Waals surface area (Å²) in [5, 5.41) is 8.81. The third kappa shape index (κ3) is 3.30. The summed E-state index contributed by atoms with van der Waals surface area (Å²) >= 11 is 0. The van der Waals surface area contributed by atoms with Crippen molar-refractivity contribution in [3.63, 3.8) is 0 Å². The average Bonchev–Trinajstić information content (AvgIpc) is 3.13. The van der Waals surface area contributed by atoms with Gasteiger partial charge >= 0.3 is 5.97 Å². The molecule has 1 N–H and O–H groups in total. The lowest BCUT2D eigenvalue weighted by Gasteiger charge is -2.06. The number of aromatic carboxylic acids is 1. The zero-order chi connectivity index (χ0) is 13.2. The molecule has 1 aliphatic rings. The van der Waals surface area contributed by atoms with E-state index in [0.29, 0.717) is 12.5 Å². The van der Waals surface area contributed by atoms with E-state index in [1.165, 1.54) is 18.2 Å². The van der Waals surface area contributed by atoms with Crippen molar-refractivity contribution in [2.45, 2.75) is 17.7 Å². The van der Waals surface area contributed by atoms with Crippen LogP contribution in [-0.4, -0.2) is 32.0 Å². The van der Waals surface area contributed by atoms with Gasteiger partial charge in [-0.15, -0.1) is 0 Å². The van der Waals surface area contributed by atoms with Crippen molar-refractivity contribution < 1.29 is 23.1 Å². The molecule has 18 heavy (non-hydrogen) atoms. The minimum Gasteiger partial charge on any atom is -0.478 e. The number of hydrogen-bond acceptors (Lipinski definition) is 4. The molecule has 1 aromatic rings. The fourth-order valence-corrected chi connectivity index (χ4v) is 2.54. The van der Waals surface area contributed by atoms with Gasteiger partial charge in [0.1, 0.15) is 0 Å². The van der Waals surface area contributed by atoms with E-state index in [1.54, 1.807) is 0 Å². The summed E-state index contributed by atoms with van der Waals surface area (Å²) in [7, 11) is -3.57. The molecule has 0 radical (unpaired) electrons. The predicted octanol–water partition coefficient (Wildman–Crippen LogP) is 1.54. The van der Waals surface area contributed by atoms with Crippen LogP contribution in [0.25, 0.3) is 0 Å². The molecule has 1 fully saturated rings. The first-order chi connectivity index (χ1) is 8.49. The van der Waals surface area contributed by atoms with Crippen LogP contribution in [0, 0.1) is 5.92 Å². The third-order valence-corrected chi connectivity index (χ3v) is 4.18. The van der Waals surface area contributed by atoms with Gasteiger partial charge in [-0.25, -0.2) is 13.2 Å². The normalized spacial score (nSPS) is 15.6. The Morgan fingerprint density at radius 3 is 2.72 bits per heavy atom. The number of carboxylic acids is 1. The molecule has 0 aliphatic heterocycles. The van der Waals surface area contributed by atoms with E-state index in [1.807, 2.05) is 0 Å². The summed E-state index contributed by atoms with van der Waals surface area (Å²) in [6.45, 7) is 0.456. The number of hydrogen-bond donors (Lipinski definition) is 1. The van der Waals surface area contributed by atoms with E-state index in [-0.39, 0.29) is 10.5 Å². The minimum absolute atomic E-state index is 0.0156. The van der Waals surface area contributed by atoms with Gasteiger partial charge in [0.25, 0.3) is 0 Å². The fourth-order valence-electron chi connectivity index (χ4n) is 1.50. The standard InChI is InChI=1S/C12H14O5S/c13-12(14)10-2-1-3-11(6-10)18(15,16)8-17-7-9-4-5-9/h1-3,6,9H,4-5,7-8H2,(H,13,14). The molecule has 5 nitrogen and oxygen atoms in total. The number of benzene rings is 1. The van der Waals surface area contributed by atoms with Gasteiger partial charge in [0.15, 0.2) is 5.94 Å². The van der Waals surface area contributed by atoms with Gasteiger partial charge in [-0.3, -0.25) is 0 Å². The van der Waals surface area contributed by atoms with E-state index in [4.69, 9.17) is 9.84 Å². The summed E-state index contributed by atoms with van der Waals surface area (Å²) in [5.41, 5.74) is -0.0433. The summed E-state index contributed by atoms with van der Waals surface area (Å²) < 4.78 is 28.9. The lowest BCUT2D eigenvalue weighted by atomic mass is 10.2. The van der Waals surface area contributed by atoms with Crippen LogP contribution in [-0.2, 0) is 14.6 Å². The molecule has 0 saturated heterocycles. The minimum atomic E-state index is -3.57. The van der Waals surface area contributed by atoms with Crippen LogP contribution in [0.5, 0.6) is 0 Å². The van der Waals surface area contributed by atoms with Crippen molar-refractivity contribution in [1.82, 2.24) is 0 Å². The Bertz CT molecular complexity index is 545. The summed E-state index contributed by atoms with van der Waals surface area (Å²) in [4.78, 5) is 10.8. The van der Waals surface area contributed by atoms with Gasteiger partial charge in [-0.05, 0) is 37.0 Å². The largest absolute Gasteiger partial charge is 0.478 e. The maximum Gasteiger partial charge on any atom is 0.335 e. The average molecular weight is 270 g/mol. The van der Waals surface area contributed by atoms with Gasteiger partial charge < -0.3 is 9.84 Å². The first kappa shape index (κ1) is 13.0. The van der Waals surface area contributed by atoms with Crippen LogP contribution < -0.4 is 0 Å². The second kappa shape index (κ2) is 5.07. The maximum atomic E-state index is 11.9. The molecule has 6 heteroatoms. The van der Waals surface area contributed by atoms with E-state index in [9.17, 15) is 13.2 Å². The van der Waals surface area contributed by atoms with Crippen LogP contribution in [0.4, 0.5) is 0 Å². The zero-order valence-electron chi connectivity index (χ0n) is 9.70. The second-order valence-corrected chi connectivity index (χ2v) is 6.32. The van der Waals surface area contributed by atoms with Crippen LogP contribution in [0.3, 0.4) is 0 Å². The molecule has 2 rings (SSSR count). The monoisotopic (exact) mass is 270 g/mol. The van der Waals surface area contributed by atoms with Gasteiger partial charge in [0, 0.05) is 0 Å². The highest BCUT2D eigenvalue weighted by atomic mass is 32.2. The van der Waals surface area contributed by atoms with Crippen molar-refractivity contribution in [3.8, 4) is 0 Å². The number of carbonyl (C=O) groups is 1. The molecule has 0 amide bonds. The smallest absolute Gasteiger partial charge is 0.335 e. The highest BCUT2D eigenvalue weighted by Gasteiger charge is 2.23. The number of carboxylic acid groups (broad SMARTS) is 1. The van der Waals surface area contributed by atoms with Crippen LogP contribution in [0.15, 0.2) is 29.2 Å². The molecular formula is C12H14O5S. The van der Waals surface area contributed by atoms with Crippen molar-refractivity contribution in [1.29, 1.82) is 0 Å². The molecule has 0 atom stereocenters. The van der Waals surface area contributed by atoms with Gasteiger partial charge in [-0.1, -0.05) is 6.07 Å². The highest BCUT2D eigenvalue weighted by Crippen LogP contribution is 2.29. The molecule has 0 aromatic heterocycles. The molecular weight excluding hydrogens is 256 g/mol. The van der Waals surface area contributed by atoms with E-state index in [2.05, 4.69) is 0 Å². The molecule has 0 spiro atoms. The Kier molecular flexibility index (Phi) is 3.68. The van der Waals surface area contributed by atoms with Gasteiger partial charge in [0.2, 0.25) is 9.84 Å². The Balaban J connectivity index is 2.07. The third-order valence-electron chi connectivity index (χ3n) is 2.73. The van der Waals surface area contributed by atoms with E-state index in [0.717, 1.165) is 18.9 Å². The van der Waals surface area contributed by atoms with Crippen LogP contribution in [0.2, 0.25) is 0 Å². The Morgan fingerprint density at radius 2 is 2.11 bits per heavy atom. The van der Waals surface area contributed by atoms with E-state index >= 15 is 0 Å². The van der Waals surface area contributed by atoms with Crippen molar-refractivity contribution >= 4 is 15.8 Å². The fraction of sp³-hybridized carbons (Fsp3) is 0.417. The quantitative estimate of drug-likeness (QED) is 0.848. The second-order valence-electron chi connectivity index (χ2n) is 4.38. The molecule has 1 saturated carbocycles. The number of sulfone groups is 1. The topological polar surface area (TPSA) is 80.7 Å². The number of rotatable bonds is 6. The van der Waals surface area contributed by atoms with Crippen molar-refractivity contribution in [3.05, 3.63) is 29.8 Å². The number of ether oxygens (including phenoxy) is 1. The predicted molar refractivity (Wildman–Crippen MR) is 64.1 cm³/mol. The first-order valence-corrected chi connectivity index (χ1v) is 7.28. The zero-order valence-corrected chi connectivity index (χ0v) is 10.5. The molecule has 98 valence electrons. The molecule has 1 aromatic carbocycles. The van der Waals surface area contributed by atoms with E-state index < -0.39 is 21.7 Å². The molecule has 1 aliphatic carbocycles. The van der Waals surface area contributed by atoms with Gasteiger partial charge in [-0.2, -0.15) is 0 Å². The van der Waals surface area contributed by atoms with Gasteiger partial charge in [0.05, 0.1) is 17.1 Å². The SMILES string of the molecule is O=C(O)c1cccc(S(=O)(=O)COCC2CC2)c1. The summed E-state index contributed by atoms with van der Waals surface area (Å²) in [6.07, 6.45) is 2.18. The first-order valence-electron chi connectivity index (χ1n) is 5.63. The lowest BCUT2D eigenvalue weighted by Crippen LogP contribution is -2.12. The molecule has 0 heterocycles. The lowest BCUT2D eigenvalue weighted by molar-refractivity contribution is 0.0696. The van der Waals surface area contributed by atoms with Crippen LogP contribution >= 0.6 is 0 Å². The van der Waals surface area contributed by atoms with Crippen molar-refractivity contribution in [2.24, 2.45) is 5.92 Å².